The van der Waals surface area contributed by atoms with E-state index in [1.54, 1.807) is 0 Å². The molecule has 0 aliphatic carbocycles. The van der Waals surface area contributed by atoms with Gasteiger partial charge in [-0.25, -0.2) is 0 Å². The minimum Gasteiger partial charge on any atom is -0.372 e. The second kappa shape index (κ2) is 8.54. The predicted molar refractivity (Wildman–Crippen MR) is 105 cm³/mol. The Labute approximate surface area is 156 Å². The zero-order valence-electron chi connectivity index (χ0n) is 16.5. The molecule has 0 saturated carbocycles. The molecule has 0 unspecified atom stereocenters. The third-order valence-corrected chi connectivity index (χ3v) is 5.32. The van der Waals surface area contributed by atoms with E-state index >= 15 is 0 Å². The molecular formula is C20H32N4O2. The highest BCUT2D eigenvalue weighted by atomic mass is 16.2. The lowest BCUT2D eigenvalue weighted by atomic mass is 10.0. The van der Waals surface area contributed by atoms with Crippen molar-refractivity contribution < 1.29 is 9.59 Å². The third kappa shape index (κ3) is 4.36. The molecule has 1 aliphatic heterocycles. The van der Waals surface area contributed by atoms with Gasteiger partial charge in [-0.15, -0.1) is 0 Å². The maximum atomic E-state index is 12.8. The van der Waals surface area contributed by atoms with E-state index in [4.69, 9.17) is 5.73 Å². The quantitative estimate of drug-likeness (QED) is 0.807. The maximum absolute atomic E-state index is 12.8. The minimum atomic E-state index is -0.681. The summed E-state index contributed by atoms with van der Waals surface area (Å²) in [5.41, 5.74) is 6.68. The molecule has 2 N–H and O–H groups in total. The Balaban J connectivity index is 1.99. The van der Waals surface area contributed by atoms with E-state index in [9.17, 15) is 9.59 Å². The summed E-state index contributed by atoms with van der Waals surface area (Å²) in [4.78, 5) is 30.6. The number of nitrogens with zero attached hydrogens (tertiary/aromatic N) is 3. The van der Waals surface area contributed by atoms with Gasteiger partial charge in [-0.2, -0.15) is 0 Å². The topological polar surface area (TPSA) is 69.9 Å². The summed E-state index contributed by atoms with van der Waals surface area (Å²) < 4.78 is 0. The highest BCUT2D eigenvalue weighted by Crippen LogP contribution is 2.20. The van der Waals surface area contributed by atoms with Crippen molar-refractivity contribution >= 4 is 17.5 Å². The fourth-order valence-corrected chi connectivity index (χ4v) is 3.36. The first-order chi connectivity index (χ1) is 12.3. The van der Waals surface area contributed by atoms with Gasteiger partial charge in [-0.1, -0.05) is 6.92 Å². The highest BCUT2D eigenvalue weighted by Gasteiger charge is 2.35. The number of primary amides is 1. The van der Waals surface area contributed by atoms with Gasteiger partial charge in [0.2, 0.25) is 5.91 Å². The molecule has 1 heterocycles. The molecule has 1 fully saturated rings. The number of nitrogens with two attached hydrogens (primary N) is 1. The van der Waals surface area contributed by atoms with Crippen LogP contribution in [0.1, 0.15) is 44.5 Å². The molecule has 0 bridgehead atoms. The Bertz CT molecular complexity index is 619. The maximum Gasteiger partial charge on any atom is 0.253 e. The van der Waals surface area contributed by atoms with Gasteiger partial charge in [0.05, 0.1) is 5.54 Å². The van der Waals surface area contributed by atoms with Crippen molar-refractivity contribution in [2.75, 3.05) is 44.2 Å². The Morgan fingerprint density at radius 1 is 1.08 bits per heavy atom. The summed E-state index contributed by atoms with van der Waals surface area (Å²) in [7, 11) is 0. The third-order valence-electron chi connectivity index (χ3n) is 5.32. The fourth-order valence-electron chi connectivity index (χ4n) is 3.36. The van der Waals surface area contributed by atoms with Gasteiger partial charge < -0.3 is 15.5 Å². The smallest absolute Gasteiger partial charge is 0.253 e. The van der Waals surface area contributed by atoms with Gasteiger partial charge in [0.1, 0.15) is 0 Å². The van der Waals surface area contributed by atoms with Crippen LogP contribution in [0.3, 0.4) is 0 Å². The van der Waals surface area contributed by atoms with Crippen LogP contribution in [0.2, 0.25) is 0 Å². The van der Waals surface area contributed by atoms with Crippen molar-refractivity contribution in [2.24, 2.45) is 5.73 Å². The van der Waals surface area contributed by atoms with Gasteiger partial charge in [0.15, 0.2) is 0 Å². The van der Waals surface area contributed by atoms with E-state index in [1.165, 1.54) is 0 Å². The van der Waals surface area contributed by atoms with Gasteiger partial charge in [-0.05, 0) is 51.5 Å². The first-order valence-corrected chi connectivity index (χ1v) is 9.50. The molecule has 1 saturated heterocycles. The highest BCUT2D eigenvalue weighted by molar-refractivity contribution is 5.94. The molecule has 144 valence electrons. The molecule has 26 heavy (non-hydrogen) atoms. The molecular weight excluding hydrogens is 328 g/mol. The van der Waals surface area contributed by atoms with Gasteiger partial charge in [-0.3, -0.25) is 14.5 Å². The molecule has 1 aliphatic rings. The summed E-state index contributed by atoms with van der Waals surface area (Å²) in [6, 6.07) is 7.88. The Morgan fingerprint density at radius 3 is 2.12 bits per heavy atom. The Hall–Kier alpha value is -2.08. The molecule has 6 heteroatoms. The fraction of sp³-hybridized carbons (Fsp3) is 0.600. The van der Waals surface area contributed by atoms with Gasteiger partial charge >= 0.3 is 0 Å². The molecule has 2 amide bonds. The largest absolute Gasteiger partial charge is 0.372 e. The van der Waals surface area contributed by atoms with Crippen molar-refractivity contribution in [3.05, 3.63) is 29.8 Å². The van der Waals surface area contributed by atoms with Crippen LogP contribution in [0.4, 0.5) is 5.69 Å². The summed E-state index contributed by atoms with van der Waals surface area (Å²) in [5, 5.41) is 0. The summed E-state index contributed by atoms with van der Waals surface area (Å²) in [6.45, 7) is 12.5. The number of anilines is 1. The average Bonchev–Trinajstić information content (AvgIpc) is 2.65. The van der Waals surface area contributed by atoms with E-state index in [2.05, 4.69) is 18.7 Å². The second-order valence-corrected chi connectivity index (χ2v) is 7.33. The van der Waals surface area contributed by atoms with Crippen LogP contribution in [0.15, 0.2) is 24.3 Å². The van der Waals surface area contributed by atoms with E-state index < -0.39 is 5.54 Å². The van der Waals surface area contributed by atoms with Crippen LogP contribution in [0.25, 0.3) is 0 Å². The molecule has 0 spiro atoms. The number of piperazine rings is 1. The molecule has 0 aromatic heterocycles. The predicted octanol–water partition coefficient (Wildman–Crippen LogP) is 1.94. The Kier molecular flexibility index (Phi) is 6.64. The van der Waals surface area contributed by atoms with Crippen LogP contribution in [-0.4, -0.2) is 66.4 Å². The summed E-state index contributed by atoms with van der Waals surface area (Å²) in [6.07, 6.45) is 1.10. The van der Waals surface area contributed by atoms with E-state index in [0.29, 0.717) is 31.7 Å². The van der Waals surface area contributed by atoms with Crippen molar-refractivity contribution in [2.45, 2.75) is 39.7 Å². The van der Waals surface area contributed by atoms with E-state index in [0.717, 1.165) is 25.2 Å². The average molecular weight is 361 g/mol. The first kappa shape index (κ1) is 20.2. The Morgan fingerprint density at radius 2 is 1.65 bits per heavy atom. The SMILES string of the molecule is CCCN(CC)c1ccc(C(=O)N2CCN(C(C)(C)C(N)=O)CC2)cc1. The number of rotatable bonds is 7. The lowest BCUT2D eigenvalue weighted by molar-refractivity contribution is -0.129. The van der Waals surface area contributed by atoms with Crippen LogP contribution < -0.4 is 10.6 Å². The van der Waals surface area contributed by atoms with Crippen molar-refractivity contribution in [1.82, 2.24) is 9.80 Å². The second-order valence-electron chi connectivity index (χ2n) is 7.33. The van der Waals surface area contributed by atoms with E-state index in [-0.39, 0.29) is 11.8 Å². The van der Waals surface area contributed by atoms with Crippen LogP contribution in [0, 0.1) is 0 Å². The molecule has 6 nitrogen and oxygen atoms in total. The zero-order valence-corrected chi connectivity index (χ0v) is 16.5. The minimum absolute atomic E-state index is 0.0478. The standard InChI is InChI=1S/C20H32N4O2/c1-5-11-22(6-2)17-9-7-16(8-10-17)18(25)23-12-14-24(15-13-23)20(3,4)19(21)26/h7-10H,5-6,11-15H2,1-4H3,(H2,21,26). The van der Waals surface area contributed by atoms with Crippen molar-refractivity contribution in [3.63, 3.8) is 0 Å². The van der Waals surface area contributed by atoms with E-state index in [1.807, 2.05) is 47.9 Å². The molecule has 0 atom stereocenters. The number of amides is 2. The molecule has 0 radical (unpaired) electrons. The lowest BCUT2D eigenvalue weighted by Gasteiger charge is -2.42. The number of hydrogen-bond acceptors (Lipinski definition) is 4. The first-order valence-electron chi connectivity index (χ1n) is 9.50. The molecule has 1 aromatic carbocycles. The number of hydrogen-bond donors (Lipinski definition) is 1. The van der Waals surface area contributed by atoms with Crippen LogP contribution in [0.5, 0.6) is 0 Å². The van der Waals surface area contributed by atoms with Crippen LogP contribution >= 0.6 is 0 Å². The van der Waals surface area contributed by atoms with Gasteiger partial charge in [0, 0.05) is 50.5 Å². The van der Waals surface area contributed by atoms with Gasteiger partial charge in [0.25, 0.3) is 5.91 Å². The van der Waals surface area contributed by atoms with Crippen molar-refractivity contribution in [3.8, 4) is 0 Å². The molecule has 2 rings (SSSR count). The summed E-state index contributed by atoms with van der Waals surface area (Å²) >= 11 is 0. The normalized spacial score (nSPS) is 15.8. The number of carbonyl (C=O) groups is 2. The molecule has 1 aromatic rings. The van der Waals surface area contributed by atoms with Crippen molar-refractivity contribution in [1.29, 1.82) is 0 Å². The monoisotopic (exact) mass is 360 g/mol. The zero-order chi connectivity index (χ0) is 19.3. The number of benzene rings is 1. The van der Waals surface area contributed by atoms with Crippen LogP contribution in [-0.2, 0) is 4.79 Å². The summed E-state index contributed by atoms with van der Waals surface area (Å²) in [5.74, 6) is -0.285. The number of carbonyl (C=O) groups excluding carboxylic acids is 2. The lowest BCUT2D eigenvalue weighted by Crippen LogP contribution is -2.60.